The summed E-state index contributed by atoms with van der Waals surface area (Å²) in [7, 11) is 1.34. The number of carbonyl (C=O) groups excluding carboxylic acids is 3. The molecule has 0 aliphatic carbocycles. The summed E-state index contributed by atoms with van der Waals surface area (Å²) in [6.07, 6.45) is 0.0972. The van der Waals surface area contributed by atoms with Crippen molar-refractivity contribution in [3.05, 3.63) is 69.6 Å². The minimum absolute atomic E-state index is 0.00348. The molecule has 2 aromatic rings. The molecule has 0 radical (unpaired) electrons. The van der Waals surface area contributed by atoms with Crippen LogP contribution < -0.4 is 5.32 Å². The number of benzene rings is 1. The Labute approximate surface area is 237 Å². The summed E-state index contributed by atoms with van der Waals surface area (Å²) in [5, 5.41) is 3.89. The van der Waals surface area contributed by atoms with Crippen molar-refractivity contribution >= 4 is 75.7 Å². The number of alkyl halides is 3. The standard InChI is InChI=1S/C24H23Cl3N2O6S2/c1-33-24(28-18(30)10-17-8-5-9-36-17)21(32)29-19(20(31)35-14-23(25,26)27)16(13-37-22(24)29)12-34-11-15-6-3-2-4-7-15/h2-9,22H,10-14H2,1H3,(H,28,30)/t22-,24?/m0/s1. The number of hydrogen-bond donors (Lipinski definition) is 1. The molecule has 8 nitrogen and oxygen atoms in total. The lowest BCUT2D eigenvalue weighted by Gasteiger charge is -2.56. The first kappa shape index (κ1) is 28.2. The lowest BCUT2D eigenvalue weighted by Crippen LogP contribution is -2.80. The third kappa shape index (κ3) is 6.44. The van der Waals surface area contributed by atoms with Gasteiger partial charge in [-0.2, -0.15) is 0 Å². The van der Waals surface area contributed by atoms with Gasteiger partial charge in [-0.25, -0.2) is 4.79 Å². The maximum atomic E-state index is 13.5. The van der Waals surface area contributed by atoms with E-state index in [1.165, 1.54) is 35.1 Å². The molecule has 1 unspecified atom stereocenters. The van der Waals surface area contributed by atoms with Gasteiger partial charge in [0.25, 0.3) is 11.6 Å². The van der Waals surface area contributed by atoms with Crippen LogP contribution in [-0.2, 0) is 41.6 Å². The zero-order valence-corrected chi connectivity index (χ0v) is 23.5. The normalized spacial score (nSPS) is 21.4. The Hall–Kier alpha value is -1.79. The number of halogens is 3. The van der Waals surface area contributed by atoms with Crippen LogP contribution in [0.4, 0.5) is 0 Å². The molecule has 198 valence electrons. The summed E-state index contributed by atoms with van der Waals surface area (Å²) < 4.78 is 14.8. The molecule has 0 spiro atoms. The molecule has 2 amide bonds. The predicted molar refractivity (Wildman–Crippen MR) is 143 cm³/mol. The van der Waals surface area contributed by atoms with Crippen LogP contribution in [0, 0.1) is 0 Å². The van der Waals surface area contributed by atoms with Crippen LogP contribution in [0.2, 0.25) is 0 Å². The van der Waals surface area contributed by atoms with Crippen LogP contribution in [-0.4, -0.2) is 63.7 Å². The molecule has 1 fully saturated rings. The van der Waals surface area contributed by atoms with Crippen LogP contribution >= 0.6 is 57.9 Å². The summed E-state index contributed by atoms with van der Waals surface area (Å²) in [6.45, 7) is -0.129. The molecule has 13 heteroatoms. The molecule has 0 bridgehead atoms. The number of β-lactam (4-membered cyclic amide) rings is 1. The number of fused-ring (bicyclic) bond motifs is 1. The lowest BCUT2D eigenvalue weighted by molar-refractivity contribution is -0.193. The van der Waals surface area contributed by atoms with Crippen molar-refractivity contribution in [2.45, 2.75) is 27.9 Å². The van der Waals surface area contributed by atoms with Crippen molar-refractivity contribution in [1.82, 2.24) is 10.2 Å². The highest BCUT2D eigenvalue weighted by Gasteiger charge is 2.66. The number of ether oxygens (including phenoxy) is 3. The first-order chi connectivity index (χ1) is 17.6. The highest BCUT2D eigenvalue weighted by molar-refractivity contribution is 8.00. The Morgan fingerprint density at radius 1 is 1.16 bits per heavy atom. The summed E-state index contributed by atoms with van der Waals surface area (Å²) >= 11 is 20.0. The molecule has 4 rings (SSSR count). The number of methoxy groups -OCH3 is 1. The van der Waals surface area contributed by atoms with Crippen LogP contribution in [0.15, 0.2) is 59.1 Å². The summed E-state index contributed by atoms with van der Waals surface area (Å²) in [5.74, 6) is -1.49. The molecule has 3 heterocycles. The second-order valence-electron chi connectivity index (χ2n) is 8.20. The number of esters is 1. The van der Waals surface area contributed by atoms with Gasteiger partial charge in [0, 0.05) is 17.7 Å². The molecule has 1 aromatic heterocycles. The molecule has 0 saturated carbocycles. The number of hydrogen-bond acceptors (Lipinski definition) is 8. The third-order valence-corrected chi connectivity index (χ3v) is 8.20. The number of nitrogens with zero attached hydrogens (tertiary/aromatic N) is 1. The zero-order valence-electron chi connectivity index (χ0n) is 19.6. The van der Waals surface area contributed by atoms with E-state index in [0.717, 1.165) is 10.4 Å². The number of thiophene rings is 1. The number of amides is 2. The van der Waals surface area contributed by atoms with E-state index in [-0.39, 0.29) is 24.6 Å². The van der Waals surface area contributed by atoms with Gasteiger partial charge < -0.3 is 19.5 Å². The van der Waals surface area contributed by atoms with Gasteiger partial charge in [-0.15, -0.1) is 23.1 Å². The van der Waals surface area contributed by atoms with Gasteiger partial charge in [0.2, 0.25) is 9.70 Å². The molecule has 2 atom stereocenters. The summed E-state index contributed by atoms with van der Waals surface area (Å²) in [5.41, 5.74) is -0.141. The van der Waals surface area contributed by atoms with Gasteiger partial charge in [0.05, 0.1) is 19.6 Å². The molecule has 2 aliphatic rings. The first-order valence-electron chi connectivity index (χ1n) is 11.1. The number of carbonyl (C=O) groups is 3. The van der Waals surface area contributed by atoms with E-state index in [0.29, 0.717) is 17.9 Å². The van der Waals surface area contributed by atoms with E-state index in [1.54, 1.807) is 0 Å². The van der Waals surface area contributed by atoms with E-state index in [4.69, 9.17) is 49.0 Å². The fourth-order valence-corrected chi connectivity index (χ4v) is 6.23. The molecule has 1 aromatic carbocycles. The Morgan fingerprint density at radius 2 is 1.92 bits per heavy atom. The quantitative estimate of drug-likeness (QED) is 0.189. The smallest absolute Gasteiger partial charge is 0.355 e. The van der Waals surface area contributed by atoms with E-state index >= 15 is 0 Å². The highest BCUT2D eigenvalue weighted by Crippen LogP contribution is 2.47. The van der Waals surface area contributed by atoms with Crippen LogP contribution in [0.1, 0.15) is 10.4 Å². The summed E-state index contributed by atoms with van der Waals surface area (Å²) in [6, 6.07) is 13.2. The average Bonchev–Trinajstić information content (AvgIpc) is 3.38. The van der Waals surface area contributed by atoms with E-state index in [9.17, 15) is 14.4 Å². The fraction of sp³-hybridized carbons (Fsp3) is 0.375. The van der Waals surface area contributed by atoms with Crippen molar-refractivity contribution in [2.75, 3.05) is 26.1 Å². The Bertz CT molecular complexity index is 1170. The Kier molecular flexibility index (Phi) is 9.11. The zero-order chi connectivity index (χ0) is 26.6. The Balaban J connectivity index is 1.54. The lowest BCUT2D eigenvalue weighted by atomic mass is 9.98. The molecule has 2 aliphatic heterocycles. The molecule has 1 N–H and O–H groups in total. The number of thioether (sulfide) groups is 1. The van der Waals surface area contributed by atoms with Crippen molar-refractivity contribution in [1.29, 1.82) is 0 Å². The maximum absolute atomic E-state index is 13.5. The SMILES string of the molecule is COC1(NC(=O)Cc2cccs2)C(=O)N2C(C(=O)OCC(Cl)(Cl)Cl)=C(COCc3ccccc3)CS[C@H]21. The van der Waals surface area contributed by atoms with E-state index in [2.05, 4.69) is 5.32 Å². The van der Waals surface area contributed by atoms with Gasteiger partial charge in [0.1, 0.15) is 17.7 Å². The average molecular weight is 606 g/mol. The number of nitrogens with one attached hydrogen (secondary N) is 1. The molecule has 1 saturated heterocycles. The first-order valence-corrected chi connectivity index (χ1v) is 14.1. The van der Waals surface area contributed by atoms with Gasteiger partial charge in [-0.05, 0) is 22.6 Å². The largest absolute Gasteiger partial charge is 0.456 e. The van der Waals surface area contributed by atoms with Gasteiger partial charge in [-0.1, -0.05) is 71.2 Å². The minimum atomic E-state index is -1.83. The van der Waals surface area contributed by atoms with Crippen molar-refractivity contribution in [3.63, 3.8) is 0 Å². The van der Waals surface area contributed by atoms with Crippen LogP contribution in [0.3, 0.4) is 0 Å². The van der Waals surface area contributed by atoms with E-state index in [1.807, 2.05) is 47.8 Å². The fourth-order valence-electron chi connectivity index (χ4n) is 3.95. The van der Waals surface area contributed by atoms with Gasteiger partial charge >= 0.3 is 5.97 Å². The van der Waals surface area contributed by atoms with Gasteiger partial charge in [-0.3, -0.25) is 14.5 Å². The summed E-state index contributed by atoms with van der Waals surface area (Å²) in [4.78, 5) is 41.4. The predicted octanol–water partition coefficient (Wildman–Crippen LogP) is 4.05. The van der Waals surface area contributed by atoms with Crippen molar-refractivity contribution in [2.24, 2.45) is 0 Å². The van der Waals surface area contributed by atoms with E-state index < -0.39 is 33.4 Å². The number of rotatable bonds is 10. The highest BCUT2D eigenvalue weighted by atomic mass is 35.6. The van der Waals surface area contributed by atoms with Gasteiger partial charge in [0.15, 0.2) is 0 Å². The van der Waals surface area contributed by atoms with Crippen LogP contribution in [0.5, 0.6) is 0 Å². The minimum Gasteiger partial charge on any atom is -0.456 e. The second kappa shape index (κ2) is 11.9. The third-order valence-electron chi connectivity index (χ3n) is 5.62. The molecule has 37 heavy (non-hydrogen) atoms. The topological polar surface area (TPSA) is 94.2 Å². The second-order valence-corrected chi connectivity index (χ2v) is 12.8. The molecular formula is C24H23Cl3N2O6S2. The van der Waals surface area contributed by atoms with Crippen LogP contribution in [0.25, 0.3) is 0 Å². The monoisotopic (exact) mass is 604 g/mol. The Morgan fingerprint density at radius 3 is 2.57 bits per heavy atom. The molecular weight excluding hydrogens is 583 g/mol. The maximum Gasteiger partial charge on any atom is 0.355 e. The van der Waals surface area contributed by atoms with Crippen molar-refractivity contribution < 1.29 is 28.6 Å². The van der Waals surface area contributed by atoms with Crippen molar-refractivity contribution in [3.8, 4) is 0 Å².